The molecule has 0 aliphatic heterocycles. The summed E-state index contributed by atoms with van der Waals surface area (Å²) in [7, 11) is 0. The molecule has 94 valence electrons. The predicted octanol–water partition coefficient (Wildman–Crippen LogP) is 3.71. The van der Waals surface area contributed by atoms with Crippen molar-refractivity contribution in [2.24, 2.45) is 0 Å². The third kappa shape index (κ3) is 5.58. The van der Waals surface area contributed by atoms with Crippen molar-refractivity contribution in [2.45, 2.75) is 24.9 Å². The fourth-order valence-electron chi connectivity index (χ4n) is 1.21. The van der Waals surface area contributed by atoms with Crippen LogP contribution in [0.2, 0.25) is 0 Å². The highest BCUT2D eigenvalue weighted by Gasteiger charge is 2.27. The minimum Gasteiger partial charge on any atom is -0.326 e. The summed E-state index contributed by atoms with van der Waals surface area (Å²) in [5.41, 5.74) is 1.25. The maximum Gasteiger partial charge on any atom is 0.389 e. The van der Waals surface area contributed by atoms with Crippen LogP contribution in [-0.2, 0) is 10.7 Å². The molecular weight excluding hydrogens is 255 g/mol. The van der Waals surface area contributed by atoms with Gasteiger partial charge >= 0.3 is 6.18 Å². The summed E-state index contributed by atoms with van der Waals surface area (Å²) in [4.78, 5) is 11.2. The standard InChI is InChI=1S/C11H11ClF3NO/c12-7-8-2-1-3-9(6-8)16-10(17)4-5-11(13,14)15/h1-3,6H,4-5,7H2,(H,16,17). The van der Waals surface area contributed by atoms with Crippen LogP contribution in [0.25, 0.3) is 0 Å². The Labute approximate surface area is 102 Å². The van der Waals surface area contributed by atoms with E-state index in [-0.39, 0.29) is 5.88 Å². The molecule has 17 heavy (non-hydrogen) atoms. The summed E-state index contributed by atoms with van der Waals surface area (Å²) >= 11 is 5.59. The molecule has 0 fully saturated rings. The highest BCUT2D eigenvalue weighted by atomic mass is 35.5. The summed E-state index contributed by atoms with van der Waals surface area (Å²) in [6, 6.07) is 6.66. The van der Waals surface area contributed by atoms with Crippen molar-refractivity contribution in [1.29, 1.82) is 0 Å². The molecule has 0 aliphatic rings. The fraction of sp³-hybridized carbons (Fsp3) is 0.364. The maximum atomic E-state index is 11.9. The van der Waals surface area contributed by atoms with E-state index in [4.69, 9.17) is 11.6 Å². The van der Waals surface area contributed by atoms with Gasteiger partial charge in [0.2, 0.25) is 5.91 Å². The van der Waals surface area contributed by atoms with Gasteiger partial charge in [0.25, 0.3) is 0 Å². The van der Waals surface area contributed by atoms with Crippen LogP contribution in [0.3, 0.4) is 0 Å². The van der Waals surface area contributed by atoms with E-state index in [9.17, 15) is 18.0 Å². The molecule has 6 heteroatoms. The van der Waals surface area contributed by atoms with Gasteiger partial charge in [-0.15, -0.1) is 11.6 Å². The Morgan fingerprint density at radius 2 is 2.06 bits per heavy atom. The van der Waals surface area contributed by atoms with E-state index in [1.54, 1.807) is 24.3 Å². The quantitative estimate of drug-likeness (QED) is 0.826. The number of hydrogen-bond donors (Lipinski definition) is 1. The lowest BCUT2D eigenvalue weighted by Crippen LogP contribution is -2.16. The number of rotatable bonds is 4. The molecular formula is C11H11ClF3NO. The molecule has 0 atom stereocenters. The zero-order chi connectivity index (χ0) is 12.9. The van der Waals surface area contributed by atoms with Crippen LogP contribution in [0.4, 0.5) is 18.9 Å². The van der Waals surface area contributed by atoms with Gasteiger partial charge < -0.3 is 5.32 Å². The molecule has 0 bridgehead atoms. The van der Waals surface area contributed by atoms with Crippen molar-refractivity contribution in [3.05, 3.63) is 29.8 Å². The number of anilines is 1. The first-order valence-electron chi connectivity index (χ1n) is 4.92. The zero-order valence-electron chi connectivity index (χ0n) is 8.85. The molecule has 0 spiro atoms. The lowest BCUT2D eigenvalue weighted by molar-refractivity contribution is -0.142. The number of hydrogen-bond acceptors (Lipinski definition) is 1. The topological polar surface area (TPSA) is 29.1 Å². The highest BCUT2D eigenvalue weighted by Crippen LogP contribution is 2.21. The van der Waals surface area contributed by atoms with E-state index in [1.165, 1.54) is 0 Å². The average molecular weight is 266 g/mol. The monoisotopic (exact) mass is 265 g/mol. The third-order valence-electron chi connectivity index (χ3n) is 2.00. The molecule has 1 amide bonds. The lowest BCUT2D eigenvalue weighted by atomic mass is 10.2. The molecule has 1 N–H and O–H groups in total. The van der Waals surface area contributed by atoms with Crippen molar-refractivity contribution in [2.75, 3.05) is 5.32 Å². The molecule has 0 saturated heterocycles. The first-order chi connectivity index (χ1) is 7.90. The predicted molar refractivity (Wildman–Crippen MR) is 59.9 cm³/mol. The zero-order valence-corrected chi connectivity index (χ0v) is 9.61. The average Bonchev–Trinajstić information content (AvgIpc) is 2.26. The van der Waals surface area contributed by atoms with Crippen LogP contribution in [0.5, 0.6) is 0 Å². The summed E-state index contributed by atoms with van der Waals surface area (Å²) in [6.07, 6.45) is -6.00. The lowest BCUT2D eigenvalue weighted by Gasteiger charge is -2.08. The van der Waals surface area contributed by atoms with E-state index in [0.29, 0.717) is 5.69 Å². The Balaban J connectivity index is 2.50. The van der Waals surface area contributed by atoms with Crippen molar-refractivity contribution < 1.29 is 18.0 Å². The van der Waals surface area contributed by atoms with Gasteiger partial charge in [-0.1, -0.05) is 12.1 Å². The Kier molecular flexibility index (Phi) is 4.81. The van der Waals surface area contributed by atoms with Crippen molar-refractivity contribution in [1.82, 2.24) is 0 Å². The van der Waals surface area contributed by atoms with Gasteiger partial charge in [-0.25, -0.2) is 0 Å². The molecule has 0 radical (unpaired) electrons. The minimum atomic E-state index is -4.31. The van der Waals surface area contributed by atoms with E-state index >= 15 is 0 Å². The van der Waals surface area contributed by atoms with Gasteiger partial charge in [0.15, 0.2) is 0 Å². The number of carbonyl (C=O) groups excluding carboxylic acids is 1. The number of benzene rings is 1. The normalized spacial score (nSPS) is 11.3. The van der Waals surface area contributed by atoms with E-state index < -0.39 is 24.9 Å². The van der Waals surface area contributed by atoms with Gasteiger partial charge in [0.1, 0.15) is 0 Å². The first-order valence-corrected chi connectivity index (χ1v) is 5.45. The van der Waals surface area contributed by atoms with Crippen molar-refractivity contribution >= 4 is 23.2 Å². The molecule has 1 rings (SSSR count). The molecule has 0 unspecified atom stereocenters. The number of amides is 1. The number of alkyl halides is 4. The molecule has 1 aromatic carbocycles. The van der Waals surface area contributed by atoms with Crippen molar-refractivity contribution in [3.63, 3.8) is 0 Å². The third-order valence-corrected chi connectivity index (χ3v) is 2.31. The van der Waals surface area contributed by atoms with Crippen LogP contribution < -0.4 is 5.32 Å². The summed E-state index contributed by atoms with van der Waals surface area (Å²) < 4.78 is 35.6. The molecule has 0 aliphatic carbocycles. The second-order valence-electron chi connectivity index (χ2n) is 3.50. The Morgan fingerprint density at radius 1 is 1.35 bits per heavy atom. The number of carbonyl (C=O) groups is 1. The molecule has 0 saturated carbocycles. The van der Waals surface area contributed by atoms with Gasteiger partial charge in [-0.2, -0.15) is 13.2 Å². The van der Waals surface area contributed by atoms with Gasteiger partial charge in [-0.3, -0.25) is 4.79 Å². The van der Waals surface area contributed by atoms with Crippen LogP contribution in [-0.4, -0.2) is 12.1 Å². The summed E-state index contributed by atoms with van der Waals surface area (Å²) in [5.74, 6) is -0.374. The molecule has 0 aromatic heterocycles. The largest absolute Gasteiger partial charge is 0.389 e. The molecule has 2 nitrogen and oxygen atoms in total. The van der Waals surface area contributed by atoms with Crippen LogP contribution >= 0.6 is 11.6 Å². The summed E-state index contributed by atoms with van der Waals surface area (Å²) in [5, 5.41) is 2.39. The minimum absolute atomic E-state index is 0.284. The van der Waals surface area contributed by atoms with Crippen LogP contribution in [0.1, 0.15) is 18.4 Å². The molecule has 0 heterocycles. The maximum absolute atomic E-state index is 11.9. The van der Waals surface area contributed by atoms with E-state index in [0.717, 1.165) is 5.56 Å². The Bertz CT molecular complexity index is 393. The van der Waals surface area contributed by atoms with Gasteiger partial charge in [0.05, 0.1) is 6.42 Å². The fourth-order valence-corrected chi connectivity index (χ4v) is 1.38. The van der Waals surface area contributed by atoms with Gasteiger partial charge in [0, 0.05) is 18.0 Å². The highest BCUT2D eigenvalue weighted by molar-refractivity contribution is 6.17. The number of nitrogens with one attached hydrogen (secondary N) is 1. The Morgan fingerprint density at radius 3 is 2.65 bits per heavy atom. The smallest absolute Gasteiger partial charge is 0.326 e. The second kappa shape index (κ2) is 5.91. The molecule has 1 aromatic rings. The van der Waals surface area contributed by atoms with Crippen LogP contribution in [0, 0.1) is 0 Å². The first kappa shape index (κ1) is 13.8. The van der Waals surface area contributed by atoms with E-state index in [2.05, 4.69) is 5.32 Å². The number of halogens is 4. The van der Waals surface area contributed by atoms with Crippen LogP contribution in [0.15, 0.2) is 24.3 Å². The summed E-state index contributed by atoms with van der Waals surface area (Å²) in [6.45, 7) is 0. The van der Waals surface area contributed by atoms with Crippen molar-refractivity contribution in [3.8, 4) is 0 Å². The SMILES string of the molecule is O=C(CCC(F)(F)F)Nc1cccc(CCl)c1. The second-order valence-corrected chi connectivity index (χ2v) is 3.76. The van der Waals surface area contributed by atoms with E-state index in [1.807, 2.05) is 0 Å². The Hall–Kier alpha value is -1.23. The van der Waals surface area contributed by atoms with Gasteiger partial charge in [-0.05, 0) is 17.7 Å².